The molecule has 0 saturated carbocycles. The van der Waals surface area contributed by atoms with Crippen LogP contribution in [0.5, 0.6) is 0 Å². The lowest BCUT2D eigenvalue weighted by Crippen LogP contribution is -2.25. The number of aliphatic hydroxyl groups excluding tert-OH is 1. The van der Waals surface area contributed by atoms with Gasteiger partial charge >= 0.3 is 5.97 Å². The standard InChI is InChI=1S/C15H22O4/c1-3-19-10-14(16)9-13(15(17)18)8-12-6-4-5-11(2)7-12/h4-7,13-14,16H,3,8-10H2,1-2H3,(H,17,18). The number of carboxylic acid groups (broad SMARTS) is 1. The van der Waals surface area contributed by atoms with Crippen LogP contribution in [0.2, 0.25) is 0 Å². The monoisotopic (exact) mass is 266 g/mol. The molecule has 0 aliphatic carbocycles. The van der Waals surface area contributed by atoms with Crippen LogP contribution in [0, 0.1) is 12.8 Å². The number of rotatable bonds is 8. The van der Waals surface area contributed by atoms with Gasteiger partial charge in [-0.1, -0.05) is 29.8 Å². The molecule has 106 valence electrons. The first-order chi connectivity index (χ1) is 9.02. The number of carboxylic acids is 1. The van der Waals surface area contributed by atoms with Crippen molar-refractivity contribution in [3.63, 3.8) is 0 Å². The van der Waals surface area contributed by atoms with Crippen LogP contribution in [-0.2, 0) is 16.0 Å². The zero-order chi connectivity index (χ0) is 14.3. The third-order valence-electron chi connectivity index (χ3n) is 2.98. The largest absolute Gasteiger partial charge is 0.481 e. The van der Waals surface area contributed by atoms with Crippen LogP contribution in [-0.4, -0.2) is 35.5 Å². The zero-order valence-corrected chi connectivity index (χ0v) is 11.5. The van der Waals surface area contributed by atoms with E-state index in [0.717, 1.165) is 11.1 Å². The second-order valence-corrected chi connectivity index (χ2v) is 4.78. The second kappa shape index (κ2) is 7.92. The van der Waals surface area contributed by atoms with Crippen LogP contribution in [0.1, 0.15) is 24.5 Å². The molecule has 4 nitrogen and oxygen atoms in total. The number of hydrogen-bond donors (Lipinski definition) is 2. The predicted molar refractivity (Wildman–Crippen MR) is 73.1 cm³/mol. The summed E-state index contributed by atoms with van der Waals surface area (Å²) in [5.41, 5.74) is 2.09. The lowest BCUT2D eigenvalue weighted by Gasteiger charge is -2.17. The first-order valence-corrected chi connectivity index (χ1v) is 6.57. The summed E-state index contributed by atoms with van der Waals surface area (Å²) in [6.45, 7) is 4.53. The molecule has 0 fully saturated rings. The van der Waals surface area contributed by atoms with E-state index in [1.165, 1.54) is 0 Å². The van der Waals surface area contributed by atoms with Gasteiger partial charge in [0.2, 0.25) is 0 Å². The molecule has 0 heterocycles. The molecule has 2 atom stereocenters. The van der Waals surface area contributed by atoms with E-state index in [1.54, 1.807) is 0 Å². The minimum atomic E-state index is -0.878. The Morgan fingerprint density at radius 2 is 2.16 bits per heavy atom. The average Bonchev–Trinajstić information content (AvgIpc) is 2.35. The number of hydrogen-bond acceptors (Lipinski definition) is 3. The van der Waals surface area contributed by atoms with E-state index in [-0.39, 0.29) is 13.0 Å². The van der Waals surface area contributed by atoms with E-state index in [0.29, 0.717) is 13.0 Å². The molecule has 19 heavy (non-hydrogen) atoms. The van der Waals surface area contributed by atoms with Gasteiger partial charge in [0.25, 0.3) is 0 Å². The Labute approximate surface area is 114 Å². The molecule has 1 aromatic rings. The Kier molecular flexibility index (Phi) is 6.53. The van der Waals surface area contributed by atoms with Crippen molar-refractivity contribution < 1.29 is 19.7 Å². The number of aryl methyl sites for hydroxylation is 1. The quantitative estimate of drug-likeness (QED) is 0.755. The summed E-state index contributed by atoms with van der Waals surface area (Å²) in [5.74, 6) is -1.46. The van der Waals surface area contributed by atoms with Crippen molar-refractivity contribution in [1.29, 1.82) is 0 Å². The minimum Gasteiger partial charge on any atom is -0.481 e. The molecule has 0 aliphatic heterocycles. The summed E-state index contributed by atoms with van der Waals surface area (Å²) < 4.78 is 5.10. The Morgan fingerprint density at radius 3 is 2.74 bits per heavy atom. The van der Waals surface area contributed by atoms with Crippen molar-refractivity contribution in [2.45, 2.75) is 32.8 Å². The molecular weight excluding hydrogens is 244 g/mol. The van der Waals surface area contributed by atoms with Crippen LogP contribution >= 0.6 is 0 Å². The molecule has 1 aromatic carbocycles. The smallest absolute Gasteiger partial charge is 0.306 e. The zero-order valence-electron chi connectivity index (χ0n) is 11.5. The lowest BCUT2D eigenvalue weighted by atomic mass is 9.93. The highest BCUT2D eigenvalue weighted by molar-refractivity contribution is 5.70. The maximum atomic E-state index is 11.2. The maximum Gasteiger partial charge on any atom is 0.306 e. The van der Waals surface area contributed by atoms with Crippen molar-refractivity contribution in [3.05, 3.63) is 35.4 Å². The van der Waals surface area contributed by atoms with E-state index in [4.69, 9.17) is 4.74 Å². The molecule has 0 saturated heterocycles. The summed E-state index contributed by atoms with van der Waals surface area (Å²) in [6.07, 6.45) is -0.0884. The van der Waals surface area contributed by atoms with Gasteiger partial charge in [0.1, 0.15) is 0 Å². The molecule has 0 aromatic heterocycles. The van der Waals surface area contributed by atoms with E-state index in [1.807, 2.05) is 38.1 Å². The first kappa shape index (κ1) is 15.7. The van der Waals surface area contributed by atoms with Crippen molar-refractivity contribution in [2.75, 3.05) is 13.2 Å². The van der Waals surface area contributed by atoms with Crippen molar-refractivity contribution in [1.82, 2.24) is 0 Å². The number of benzene rings is 1. The Balaban J connectivity index is 2.60. The van der Waals surface area contributed by atoms with Crippen molar-refractivity contribution in [3.8, 4) is 0 Å². The van der Waals surface area contributed by atoms with Gasteiger partial charge in [0.15, 0.2) is 0 Å². The van der Waals surface area contributed by atoms with Gasteiger partial charge in [-0.2, -0.15) is 0 Å². The van der Waals surface area contributed by atoms with Crippen LogP contribution in [0.4, 0.5) is 0 Å². The Bertz CT molecular complexity index is 403. The van der Waals surface area contributed by atoms with E-state index in [2.05, 4.69) is 0 Å². The van der Waals surface area contributed by atoms with Gasteiger partial charge < -0.3 is 14.9 Å². The summed E-state index contributed by atoms with van der Waals surface area (Å²) in [4.78, 5) is 11.2. The minimum absolute atomic E-state index is 0.189. The molecule has 0 radical (unpaired) electrons. The molecule has 0 amide bonds. The highest BCUT2D eigenvalue weighted by Gasteiger charge is 2.22. The SMILES string of the molecule is CCOCC(O)CC(Cc1cccc(C)c1)C(=O)O. The molecule has 4 heteroatoms. The Hall–Kier alpha value is -1.39. The molecule has 2 unspecified atom stereocenters. The van der Waals surface area contributed by atoms with Crippen LogP contribution in [0.3, 0.4) is 0 Å². The lowest BCUT2D eigenvalue weighted by molar-refractivity contribution is -0.143. The van der Waals surface area contributed by atoms with Crippen LogP contribution in [0.25, 0.3) is 0 Å². The number of aliphatic carboxylic acids is 1. The maximum absolute atomic E-state index is 11.2. The number of carbonyl (C=O) groups is 1. The first-order valence-electron chi connectivity index (χ1n) is 6.57. The van der Waals surface area contributed by atoms with E-state index in [9.17, 15) is 15.0 Å². The molecule has 2 N–H and O–H groups in total. The second-order valence-electron chi connectivity index (χ2n) is 4.78. The third kappa shape index (κ3) is 5.85. The van der Waals surface area contributed by atoms with Crippen molar-refractivity contribution in [2.24, 2.45) is 5.92 Å². The molecule has 0 bridgehead atoms. The van der Waals surface area contributed by atoms with Gasteiger partial charge in [-0.05, 0) is 32.3 Å². The van der Waals surface area contributed by atoms with E-state index >= 15 is 0 Å². The van der Waals surface area contributed by atoms with Gasteiger partial charge in [-0.3, -0.25) is 4.79 Å². The van der Waals surface area contributed by atoms with Gasteiger partial charge in [0, 0.05) is 6.61 Å². The summed E-state index contributed by atoms with van der Waals surface area (Å²) in [6, 6.07) is 7.78. The fraction of sp³-hybridized carbons (Fsp3) is 0.533. The fourth-order valence-corrected chi connectivity index (χ4v) is 2.05. The molecule has 0 spiro atoms. The topological polar surface area (TPSA) is 66.8 Å². The summed E-state index contributed by atoms with van der Waals surface area (Å²) in [7, 11) is 0. The van der Waals surface area contributed by atoms with Crippen molar-refractivity contribution >= 4 is 5.97 Å². The molecule has 1 rings (SSSR count). The van der Waals surface area contributed by atoms with Crippen LogP contribution in [0.15, 0.2) is 24.3 Å². The number of ether oxygens (including phenoxy) is 1. The Morgan fingerprint density at radius 1 is 1.42 bits per heavy atom. The van der Waals surface area contributed by atoms with Gasteiger partial charge in [0.05, 0.1) is 18.6 Å². The third-order valence-corrected chi connectivity index (χ3v) is 2.98. The molecular formula is C15H22O4. The summed E-state index contributed by atoms with van der Waals surface area (Å²) >= 11 is 0. The molecule has 0 aliphatic rings. The van der Waals surface area contributed by atoms with Gasteiger partial charge in [-0.15, -0.1) is 0 Å². The highest BCUT2D eigenvalue weighted by Crippen LogP contribution is 2.16. The predicted octanol–water partition coefficient (Wildman–Crippen LogP) is 2.03. The van der Waals surface area contributed by atoms with Crippen LogP contribution < -0.4 is 0 Å². The fourth-order valence-electron chi connectivity index (χ4n) is 2.05. The average molecular weight is 266 g/mol. The highest BCUT2D eigenvalue weighted by atomic mass is 16.5. The normalized spacial score (nSPS) is 14.1. The summed E-state index contributed by atoms with van der Waals surface area (Å²) in [5, 5.41) is 19.0. The van der Waals surface area contributed by atoms with Gasteiger partial charge in [-0.25, -0.2) is 0 Å². The van der Waals surface area contributed by atoms with E-state index < -0.39 is 18.0 Å². The number of aliphatic hydroxyl groups is 1.